The van der Waals surface area contributed by atoms with Gasteiger partial charge >= 0.3 is 6.36 Å². The molecule has 110 valence electrons. The van der Waals surface area contributed by atoms with E-state index in [-0.39, 0.29) is 23.2 Å². The van der Waals surface area contributed by atoms with Gasteiger partial charge in [0.25, 0.3) is 5.91 Å². The van der Waals surface area contributed by atoms with Crippen LogP contribution < -0.4 is 15.8 Å². The maximum absolute atomic E-state index is 12.1. The van der Waals surface area contributed by atoms with Crippen LogP contribution in [-0.2, 0) is 0 Å². The van der Waals surface area contributed by atoms with Crippen LogP contribution in [0.25, 0.3) is 0 Å². The molecule has 7 heteroatoms. The van der Waals surface area contributed by atoms with Gasteiger partial charge in [-0.05, 0) is 30.5 Å². The summed E-state index contributed by atoms with van der Waals surface area (Å²) in [6, 6.07) is 3.64. The zero-order chi connectivity index (χ0) is 14.9. The van der Waals surface area contributed by atoms with Crippen molar-refractivity contribution in [2.24, 2.45) is 5.92 Å². The highest BCUT2D eigenvalue weighted by Crippen LogP contribution is 2.34. The molecule has 1 aromatic rings. The van der Waals surface area contributed by atoms with Crippen LogP contribution in [0.2, 0.25) is 0 Å². The van der Waals surface area contributed by atoms with Crippen LogP contribution >= 0.6 is 0 Å². The third-order valence-electron chi connectivity index (χ3n) is 3.26. The summed E-state index contributed by atoms with van der Waals surface area (Å²) in [5, 5.41) is 2.81. The average Bonchev–Trinajstić information content (AvgIpc) is 3.08. The van der Waals surface area contributed by atoms with Gasteiger partial charge in [0.05, 0.1) is 5.69 Å². The molecule has 20 heavy (non-hydrogen) atoms. The Morgan fingerprint density at radius 3 is 2.70 bits per heavy atom. The highest BCUT2D eigenvalue weighted by Gasteiger charge is 2.36. The van der Waals surface area contributed by atoms with Gasteiger partial charge < -0.3 is 15.8 Å². The Labute approximate surface area is 114 Å². The number of nitrogen functional groups attached to an aromatic ring is 1. The first kappa shape index (κ1) is 14.5. The summed E-state index contributed by atoms with van der Waals surface area (Å²) < 4.78 is 40.0. The van der Waals surface area contributed by atoms with Gasteiger partial charge in [-0.3, -0.25) is 4.79 Å². The Morgan fingerprint density at radius 1 is 1.50 bits per heavy atom. The second kappa shape index (κ2) is 5.22. The van der Waals surface area contributed by atoms with E-state index in [0.29, 0.717) is 5.92 Å². The van der Waals surface area contributed by atoms with Crippen molar-refractivity contribution in [3.8, 4) is 5.75 Å². The number of ether oxygens (including phenoxy) is 1. The summed E-state index contributed by atoms with van der Waals surface area (Å²) in [6.07, 6.45) is -2.88. The number of alkyl halides is 3. The first-order valence-electron chi connectivity index (χ1n) is 6.26. The van der Waals surface area contributed by atoms with Crippen molar-refractivity contribution in [2.75, 3.05) is 5.73 Å². The summed E-state index contributed by atoms with van der Waals surface area (Å²) in [6.45, 7) is 2.04. The molecule has 0 radical (unpaired) electrons. The maximum atomic E-state index is 12.1. The van der Waals surface area contributed by atoms with Gasteiger partial charge in [0, 0.05) is 11.6 Å². The summed E-state index contributed by atoms with van der Waals surface area (Å²) in [5.74, 6) is -0.354. The molecule has 0 heterocycles. The molecule has 1 fully saturated rings. The molecule has 4 nitrogen and oxygen atoms in total. The molecule has 1 aromatic carbocycles. The molecule has 2 unspecified atom stereocenters. The van der Waals surface area contributed by atoms with Gasteiger partial charge in [0.1, 0.15) is 0 Å². The highest BCUT2D eigenvalue weighted by molar-refractivity contribution is 5.95. The number of nitrogens with one attached hydrogen (secondary N) is 1. The molecule has 1 amide bonds. The van der Waals surface area contributed by atoms with E-state index in [1.165, 1.54) is 12.1 Å². The maximum Gasteiger partial charge on any atom is 0.573 e. The first-order valence-corrected chi connectivity index (χ1v) is 6.26. The summed E-state index contributed by atoms with van der Waals surface area (Å²) in [5.41, 5.74) is 5.46. The van der Waals surface area contributed by atoms with Crippen molar-refractivity contribution in [3.05, 3.63) is 23.8 Å². The van der Waals surface area contributed by atoms with E-state index >= 15 is 0 Å². The Hall–Kier alpha value is -1.92. The van der Waals surface area contributed by atoms with E-state index in [4.69, 9.17) is 5.73 Å². The standard InChI is InChI=1S/C13H15F3N2O2/c1-2-7-6-10(7)18-12(19)8-3-4-11(9(17)5-8)20-13(14,15)16/h3-5,7,10H,2,6,17H2,1H3,(H,18,19). The highest BCUT2D eigenvalue weighted by atomic mass is 19.4. The predicted molar refractivity (Wildman–Crippen MR) is 67.2 cm³/mol. The van der Waals surface area contributed by atoms with E-state index < -0.39 is 12.1 Å². The average molecular weight is 288 g/mol. The zero-order valence-electron chi connectivity index (χ0n) is 10.8. The van der Waals surface area contributed by atoms with Gasteiger partial charge in [0.2, 0.25) is 0 Å². The number of benzene rings is 1. The van der Waals surface area contributed by atoms with Gasteiger partial charge in [-0.1, -0.05) is 13.3 Å². The van der Waals surface area contributed by atoms with Crippen LogP contribution in [-0.4, -0.2) is 18.3 Å². The zero-order valence-corrected chi connectivity index (χ0v) is 10.8. The Morgan fingerprint density at radius 2 is 2.20 bits per heavy atom. The predicted octanol–water partition coefficient (Wildman–Crippen LogP) is 2.70. The number of halogens is 3. The molecule has 0 saturated heterocycles. The van der Waals surface area contributed by atoms with Crippen molar-refractivity contribution in [1.29, 1.82) is 0 Å². The molecule has 1 aliphatic carbocycles. The fourth-order valence-electron chi connectivity index (χ4n) is 2.03. The second-order valence-electron chi connectivity index (χ2n) is 4.78. The van der Waals surface area contributed by atoms with Crippen LogP contribution in [0.15, 0.2) is 18.2 Å². The Kier molecular flexibility index (Phi) is 3.78. The molecule has 2 rings (SSSR count). The Bertz CT molecular complexity index is 517. The molecule has 1 aliphatic rings. The van der Waals surface area contributed by atoms with Crippen LogP contribution in [0.1, 0.15) is 30.1 Å². The van der Waals surface area contributed by atoms with E-state index in [1.807, 2.05) is 6.92 Å². The van der Waals surface area contributed by atoms with Crippen molar-refractivity contribution in [1.82, 2.24) is 5.32 Å². The van der Waals surface area contributed by atoms with E-state index in [1.54, 1.807) is 0 Å². The van der Waals surface area contributed by atoms with Gasteiger partial charge in [-0.25, -0.2) is 0 Å². The molecule has 2 atom stereocenters. The molecular formula is C13H15F3N2O2. The molecular weight excluding hydrogens is 273 g/mol. The lowest BCUT2D eigenvalue weighted by Gasteiger charge is -2.12. The van der Waals surface area contributed by atoms with Crippen molar-refractivity contribution < 1.29 is 22.7 Å². The van der Waals surface area contributed by atoms with Gasteiger partial charge in [0.15, 0.2) is 5.75 Å². The number of carbonyl (C=O) groups is 1. The number of amides is 1. The number of hydrogen-bond donors (Lipinski definition) is 2. The SMILES string of the molecule is CCC1CC1NC(=O)c1ccc(OC(F)(F)F)c(N)c1. The van der Waals surface area contributed by atoms with Crippen LogP contribution in [0.4, 0.5) is 18.9 Å². The number of carbonyl (C=O) groups excluding carboxylic acids is 1. The largest absolute Gasteiger partial charge is 0.573 e. The number of hydrogen-bond acceptors (Lipinski definition) is 3. The van der Waals surface area contributed by atoms with E-state index in [0.717, 1.165) is 18.9 Å². The lowest BCUT2D eigenvalue weighted by Crippen LogP contribution is -2.27. The number of nitrogens with two attached hydrogens (primary N) is 1. The minimum absolute atomic E-state index is 0.153. The monoisotopic (exact) mass is 288 g/mol. The minimum atomic E-state index is -4.81. The normalized spacial score (nSPS) is 21.4. The minimum Gasteiger partial charge on any atom is -0.404 e. The quantitative estimate of drug-likeness (QED) is 0.837. The van der Waals surface area contributed by atoms with Gasteiger partial charge in [-0.2, -0.15) is 0 Å². The lowest BCUT2D eigenvalue weighted by molar-refractivity contribution is -0.274. The fourth-order valence-corrected chi connectivity index (χ4v) is 2.03. The molecule has 3 N–H and O–H groups in total. The third kappa shape index (κ3) is 3.55. The summed E-state index contributed by atoms with van der Waals surface area (Å²) in [4.78, 5) is 11.9. The first-order chi connectivity index (χ1) is 9.30. The third-order valence-corrected chi connectivity index (χ3v) is 3.26. The molecule has 0 spiro atoms. The molecule has 0 aliphatic heterocycles. The molecule has 1 saturated carbocycles. The summed E-state index contributed by atoms with van der Waals surface area (Å²) >= 11 is 0. The topological polar surface area (TPSA) is 64.3 Å². The second-order valence-corrected chi connectivity index (χ2v) is 4.78. The molecule has 0 bridgehead atoms. The lowest BCUT2D eigenvalue weighted by atomic mass is 10.1. The number of anilines is 1. The van der Waals surface area contributed by atoms with Gasteiger partial charge in [-0.15, -0.1) is 13.2 Å². The van der Waals surface area contributed by atoms with E-state index in [9.17, 15) is 18.0 Å². The Balaban J connectivity index is 2.03. The van der Waals surface area contributed by atoms with Crippen molar-refractivity contribution in [3.63, 3.8) is 0 Å². The van der Waals surface area contributed by atoms with Crippen LogP contribution in [0.3, 0.4) is 0 Å². The van der Waals surface area contributed by atoms with E-state index in [2.05, 4.69) is 10.1 Å². The van der Waals surface area contributed by atoms with Crippen LogP contribution in [0.5, 0.6) is 5.75 Å². The smallest absolute Gasteiger partial charge is 0.404 e. The summed E-state index contributed by atoms with van der Waals surface area (Å²) in [7, 11) is 0. The van der Waals surface area contributed by atoms with Crippen molar-refractivity contribution in [2.45, 2.75) is 32.2 Å². The molecule has 0 aromatic heterocycles. The fraction of sp³-hybridized carbons (Fsp3) is 0.462. The number of rotatable bonds is 4. The van der Waals surface area contributed by atoms with Crippen LogP contribution in [0, 0.1) is 5.92 Å². The van der Waals surface area contributed by atoms with Crippen molar-refractivity contribution >= 4 is 11.6 Å².